The van der Waals surface area contributed by atoms with Crippen molar-refractivity contribution in [1.29, 1.82) is 0 Å². The largest absolute Gasteiger partial charge is 0.357 e. The lowest BCUT2D eigenvalue weighted by molar-refractivity contribution is -0.122. The molecule has 0 atom stereocenters. The van der Waals surface area contributed by atoms with E-state index in [0.717, 1.165) is 35.6 Å². The maximum atomic E-state index is 12.6. The van der Waals surface area contributed by atoms with Crippen molar-refractivity contribution in [2.24, 2.45) is 0 Å². The zero-order valence-electron chi connectivity index (χ0n) is 17.3. The standard InChI is InChI=1S/C23H27N5O2/c1-17-19-8-4-5-9-20(19)23(30)28(26-17)16-22(29)25-15-18-10-11-21(24-14-18)27-12-6-2-3-7-13-27/h4-5,8-11,14H,2-3,6-7,12-13,15-16H2,1H3,(H,25,29). The molecule has 3 heterocycles. The van der Waals surface area contributed by atoms with Crippen LogP contribution in [0.1, 0.15) is 36.9 Å². The van der Waals surface area contributed by atoms with Gasteiger partial charge < -0.3 is 10.2 Å². The van der Waals surface area contributed by atoms with Gasteiger partial charge in [0.15, 0.2) is 0 Å². The van der Waals surface area contributed by atoms with Crippen molar-refractivity contribution >= 4 is 22.5 Å². The molecule has 0 radical (unpaired) electrons. The van der Waals surface area contributed by atoms with Crippen LogP contribution < -0.4 is 15.8 Å². The number of hydrogen-bond donors (Lipinski definition) is 1. The third-order valence-corrected chi connectivity index (χ3v) is 5.57. The molecule has 0 unspecified atom stereocenters. The smallest absolute Gasteiger partial charge is 0.275 e. The number of nitrogens with one attached hydrogen (secondary N) is 1. The lowest BCUT2D eigenvalue weighted by atomic mass is 10.1. The first-order valence-electron chi connectivity index (χ1n) is 10.5. The van der Waals surface area contributed by atoms with Gasteiger partial charge in [-0.2, -0.15) is 5.10 Å². The van der Waals surface area contributed by atoms with E-state index in [1.165, 1.54) is 30.4 Å². The van der Waals surface area contributed by atoms with Crippen LogP contribution in [-0.4, -0.2) is 33.8 Å². The molecule has 1 amide bonds. The van der Waals surface area contributed by atoms with Crippen LogP contribution in [0.2, 0.25) is 0 Å². The Morgan fingerprint density at radius 3 is 2.47 bits per heavy atom. The molecule has 1 aromatic carbocycles. The second-order valence-corrected chi connectivity index (χ2v) is 7.80. The Kier molecular flexibility index (Phi) is 6.07. The van der Waals surface area contributed by atoms with Crippen LogP contribution in [0.15, 0.2) is 47.4 Å². The number of aromatic nitrogens is 3. The van der Waals surface area contributed by atoms with Gasteiger partial charge in [0.2, 0.25) is 5.91 Å². The molecule has 2 aromatic heterocycles. The first kappa shape index (κ1) is 20.1. The molecule has 1 aliphatic heterocycles. The fourth-order valence-corrected chi connectivity index (χ4v) is 3.91. The molecular weight excluding hydrogens is 378 g/mol. The number of fused-ring (bicyclic) bond motifs is 1. The average Bonchev–Trinajstić information content (AvgIpc) is 3.06. The van der Waals surface area contributed by atoms with Gasteiger partial charge >= 0.3 is 0 Å². The zero-order valence-corrected chi connectivity index (χ0v) is 17.3. The Morgan fingerprint density at radius 2 is 1.77 bits per heavy atom. The van der Waals surface area contributed by atoms with Gasteiger partial charge in [-0.1, -0.05) is 37.1 Å². The molecule has 7 heteroatoms. The average molecular weight is 406 g/mol. The molecule has 1 aliphatic rings. The van der Waals surface area contributed by atoms with Crippen LogP contribution in [0.4, 0.5) is 5.82 Å². The highest BCUT2D eigenvalue weighted by molar-refractivity contribution is 5.83. The number of pyridine rings is 1. The van der Waals surface area contributed by atoms with Gasteiger partial charge in [0.25, 0.3) is 5.56 Å². The van der Waals surface area contributed by atoms with Crippen LogP contribution in [0.25, 0.3) is 10.8 Å². The van der Waals surface area contributed by atoms with Crippen molar-refractivity contribution < 1.29 is 4.79 Å². The van der Waals surface area contributed by atoms with E-state index in [0.29, 0.717) is 11.9 Å². The number of aryl methyl sites for hydroxylation is 1. The molecule has 1 saturated heterocycles. The summed E-state index contributed by atoms with van der Waals surface area (Å²) in [6.45, 7) is 4.21. The van der Waals surface area contributed by atoms with Gasteiger partial charge in [-0.3, -0.25) is 9.59 Å². The van der Waals surface area contributed by atoms with Crippen LogP contribution in [0.3, 0.4) is 0 Å². The summed E-state index contributed by atoms with van der Waals surface area (Å²) < 4.78 is 1.23. The predicted octanol–water partition coefficient (Wildman–Crippen LogP) is 2.80. The van der Waals surface area contributed by atoms with Crippen molar-refractivity contribution in [2.45, 2.75) is 45.7 Å². The SMILES string of the molecule is Cc1nn(CC(=O)NCc2ccc(N3CCCCCC3)nc2)c(=O)c2ccccc12. The molecule has 7 nitrogen and oxygen atoms in total. The van der Waals surface area contributed by atoms with Crippen molar-refractivity contribution in [2.75, 3.05) is 18.0 Å². The first-order chi connectivity index (χ1) is 14.6. The Labute approximate surface area is 175 Å². The zero-order chi connectivity index (χ0) is 20.9. The summed E-state index contributed by atoms with van der Waals surface area (Å²) in [5.41, 5.74) is 1.40. The van der Waals surface area contributed by atoms with E-state index in [1.807, 2.05) is 43.5 Å². The third kappa shape index (κ3) is 4.50. The highest BCUT2D eigenvalue weighted by Gasteiger charge is 2.12. The monoisotopic (exact) mass is 405 g/mol. The molecule has 4 rings (SSSR count). The van der Waals surface area contributed by atoms with E-state index < -0.39 is 0 Å². The molecule has 0 aliphatic carbocycles. The summed E-state index contributed by atoms with van der Waals surface area (Å²) in [6.07, 6.45) is 6.80. The minimum absolute atomic E-state index is 0.107. The maximum absolute atomic E-state index is 12.6. The summed E-state index contributed by atoms with van der Waals surface area (Å²) in [6, 6.07) is 11.3. The number of carbonyl (C=O) groups excluding carboxylic acids is 1. The van der Waals surface area contributed by atoms with E-state index in [9.17, 15) is 9.59 Å². The number of hydrogen-bond acceptors (Lipinski definition) is 5. The number of anilines is 1. The number of amides is 1. The Hall–Kier alpha value is -3.22. The summed E-state index contributed by atoms with van der Waals surface area (Å²) in [7, 11) is 0. The highest BCUT2D eigenvalue weighted by atomic mass is 16.2. The van der Waals surface area contributed by atoms with Gasteiger partial charge in [0.05, 0.1) is 11.1 Å². The molecule has 1 fully saturated rings. The number of rotatable bonds is 5. The van der Waals surface area contributed by atoms with Crippen molar-refractivity contribution in [3.05, 3.63) is 64.2 Å². The Bertz CT molecular complexity index is 1080. The number of nitrogens with zero attached hydrogens (tertiary/aromatic N) is 4. The number of benzene rings is 1. The van der Waals surface area contributed by atoms with Gasteiger partial charge in [-0.05, 0) is 37.5 Å². The van der Waals surface area contributed by atoms with Crippen LogP contribution in [0.5, 0.6) is 0 Å². The highest BCUT2D eigenvalue weighted by Crippen LogP contribution is 2.17. The minimum atomic E-state index is -0.255. The van der Waals surface area contributed by atoms with Gasteiger partial charge in [0.1, 0.15) is 12.4 Å². The normalized spacial score (nSPS) is 14.5. The fourth-order valence-electron chi connectivity index (χ4n) is 3.91. The van der Waals surface area contributed by atoms with Crippen LogP contribution in [0, 0.1) is 6.92 Å². The maximum Gasteiger partial charge on any atom is 0.275 e. The van der Waals surface area contributed by atoms with Crippen molar-refractivity contribution in [3.8, 4) is 0 Å². The lowest BCUT2D eigenvalue weighted by Crippen LogP contribution is -2.34. The minimum Gasteiger partial charge on any atom is -0.357 e. The second kappa shape index (κ2) is 9.07. The lowest BCUT2D eigenvalue weighted by Gasteiger charge is -2.21. The molecule has 30 heavy (non-hydrogen) atoms. The van der Waals surface area contributed by atoms with Gasteiger partial charge in [-0.25, -0.2) is 9.67 Å². The molecule has 3 aromatic rings. The quantitative estimate of drug-likeness (QED) is 0.706. The van der Waals surface area contributed by atoms with Crippen LogP contribution in [-0.2, 0) is 17.9 Å². The van der Waals surface area contributed by atoms with Crippen molar-refractivity contribution in [3.63, 3.8) is 0 Å². The molecule has 1 N–H and O–H groups in total. The molecule has 0 saturated carbocycles. The topological polar surface area (TPSA) is 80.1 Å². The third-order valence-electron chi connectivity index (χ3n) is 5.57. The first-order valence-corrected chi connectivity index (χ1v) is 10.5. The van der Waals surface area contributed by atoms with Gasteiger partial charge in [-0.15, -0.1) is 0 Å². The summed E-state index contributed by atoms with van der Waals surface area (Å²) in [5, 5.41) is 8.54. The summed E-state index contributed by atoms with van der Waals surface area (Å²) >= 11 is 0. The Balaban J connectivity index is 1.38. The number of carbonyl (C=O) groups is 1. The van der Waals surface area contributed by atoms with E-state index in [4.69, 9.17) is 0 Å². The Morgan fingerprint density at radius 1 is 1.03 bits per heavy atom. The fraction of sp³-hybridized carbons (Fsp3) is 0.391. The van der Waals surface area contributed by atoms with Crippen molar-refractivity contribution in [1.82, 2.24) is 20.1 Å². The molecule has 0 spiro atoms. The van der Waals surface area contributed by atoms with Crippen LogP contribution >= 0.6 is 0 Å². The summed E-state index contributed by atoms with van der Waals surface area (Å²) in [5.74, 6) is 0.741. The molecule has 156 valence electrons. The molecular formula is C23H27N5O2. The van der Waals surface area contributed by atoms with E-state index in [2.05, 4.69) is 20.3 Å². The van der Waals surface area contributed by atoms with E-state index in [1.54, 1.807) is 6.07 Å². The van der Waals surface area contributed by atoms with E-state index >= 15 is 0 Å². The van der Waals surface area contributed by atoms with Gasteiger partial charge in [0, 0.05) is 31.2 Å². The molecule has 0 bridgehead atoms. The second-order valence-electron chi connectivity index (χ2n) is 7.80. The summed E-state index contributed by atoms with van der Waals surface area (Å²) in [4.78, 5) is 31.9. The predicted molar refractivity (Wildman–Crippen MR) is 118 cm³/mol. The van der Waals surface area contributed by atoms with E-state index in [-0.39, 0.29) is 18.0 Å².